The molecule has 13 heteroatoms. The van der Waals surface area contributed by atoms with Crippen LogP contribution in [0.2, 0.25) is 0 Å². The lowest BCUT2D eigenvalue weighted by atomic mass is 10.5. The van der Waals surface area contributed by atoms with Crippen LogP contribution in [0, 0.1) is 0 Å². The standard InChI is InChI=1S/C9H14Cl2O9S2/c1-5(8(13)19-10)21(15,16)3-7(12)4-22(17,18)6(2)9(14)20-11/h5-7,12H,3-4H2,1-2H3. The summed E-state index contributed by atoms with van der Waals surface area (Å²) in [6.45, 7) is 1.93. The molecule has 0 heterocycles. The molecule has 0 amide bonds. The predicted octanol–water partition coefficient (Wildman–Crippen LogP) is -0.652. The summed E-state index contributed by atoms with van der Waals surface area (Å²) in [4.78, 5) is 22.1. The third-order valence-corrected chi connectivity index (χ3v) is 7.29. The van der Waals surface area contributed by atoms with Gasteiger partial charge in [-0.25, -0.2) is 26.4 Å². The Labute approximate surface area is 137 Å². The fraction of sp³-hybridized carbons (Fsp3) is 0.778. The number of aliphatic hydroxyl groups is 1. The van der Waals surface area contributed by atoms with Gasteiger partial charge in [0.2, 0.25) is 0 Å². The number of carbonyl (C=O) groups is 2. The van der Waals surface area contributed by atoms with Crippen LogP contribution in [0.4, 0.5) is 0 Å². The molecule has 0 aliphatic rings. The Morgan fingerprint density at radius 3 is 1.41 bits per heavy atom. The van der Waals surface area contributed by atoms with Crippen LogP contribution in [0.5, 0.6) is 0 Å². The van der Waals surface area contributed by atoms with E-state index in [1.165, 1.54) is 0 Å². The maximum absolute atomic E-state index is 11.8. The fourth-order valence-electron chi connectivity index (χ4n) is 1.29. The molecular formula is C9H14Cl2O9S2. The number of hydrogen-bond donors (Lipinski definition) is 1. The molecule has 0 bridgehead atoms. The van der Waals surface area contributed by atoms with Crippen molar-refractivity contribution in [2.75, 3.05) is 11.5 Å². The molecule has 22 heavy (non-hydrogen) atoms. The molecule has 2 atom stereocenters. The minimum absolute atomic E-state index is 0.967. The molecule has 0 fully saturated rings. The number of rotatable bonds is 8. The summed E-state index contributed by atoms with van der Waals surface area (Å²) < 4.78 is 54.5. The van der Waals surface area contributed by atoms with Gasteiger partial charge in [-0.1, -0.05) is 0 Å². The van der Waals surface area contributed by atoms with Gasteiger partial charge in [0.15, 0.2) is 30.2 Å². The highest BCUT2D eigenvalue weighted by Crippen LogP contribution is 2.12. The van der Waals surface area contributed by atoms with Crippen molar-refractivity contribution in [1.82, 2.24) is 0 Å². The molecule has 130 valence electrons. The average Bonchev–Trinajstić information content (AvgIpc) is 2.42. The lowest BCUT2D eigenvalue weighted by molar-refractivity contribution is -0.134. The van der Waals surface area contributed by atoms with Crippen LogP contribution in [-0.4, -0.2) is 62.0 Å². The van der Waals surface area contributed by atoms with E-state index >= 15 is 0 Å². The molecular weight excluding hydrogens is 387 g/mol. The molecule has 0 saturated carbocycles. The van der Waals surface area contributed by atoms with Gasteiger partial charge in [-0.15, -0.1) is 0 Å². The molecule has 0 aromatic heterocycles. The Balaban J connectivity index is 4.99. The van der Waals surface area contributed by atoms with Crippen LogP contribution in [0.15, 0.2) is 0 Å². The number of halogens is 2. The first-order valence-corrected chi connectivity index (χ1v) is 9.70. The molecule has 0 aliphatic heterocycles. The van der Waals surface area contributed by atoms with E-state index in [0.29, 0.717) is 0 Å². The highest BCUT2D eigenvalue weighted by atomic mass is 35.5. The Morgan fingerprint density at radius 1 is 0.909 bits per heavy atom. The van der Waals surface area contributed by atoms with Gasteiger partial charge in [-0.2, -0.15) is 0 Å². The molecule has 2 unspecified atom stereocenters. The second kappa shape index (κ2) is 8.29. The monoisotopic (exact) mass is 400 g/mol. The minimum atomic E-state index is -4.21. The van der Waals surface area contributed by atoms with Crippen molar-refractivity contribution in [3.8, 4) is 0 Å². The van der Waals surface area contributed by atoms with Gasteiger partial charge in [-0.05, 0) is 13.8 Å². The SMILES string of the molecule is CC(C(=O)OCl)S(=O)(=O)CC(O)CS(=O)(=O)C(C)C(=O)OCl. The molecule has 1 N–H and O–H groups in total. The third-order valence-electron chi connectivity index (χ3n) is 2.74. The Morgan fingerprint density at radius 2 is 1.18 bits per heavy atom. The van der Waals surface area contributed by atoms with Gasteiger partial charge in [0, 0.05) is 0 Å². The van der Waals surface area contributed by atoms with E-state index in [-0.39, 0.29) is 0 Å². The van der Waals surface area contributed by atoms with Gasteiger partial charge in [0.1, 0.15) is 23.7 Å². The molecule has 0 aliphatic carbocycles. The van der Waals surface area contributed by atoms with E-state index in [2.05, 4.69) is 8.58 Å². The maximum Gasteiger partial charge on any atom is 0.342 e. The van der Waals surface area contributed by atoms with Crippen molar-refractivity contribution in [1.29, 1.82) is 0 Å². The lowest BCUT2D eigenvalue weighted by Crippen LogP contribution is -2.39. The third kappa shape index (κ3) is 5.88. The van der Waals surface area contributed by atoms with Crippen LogP contribution in [0.3, 0.4) is 0 Å². The maximum atomic E-state index is 11.8. The van der Waals surface area contributed by atoms with Crippen LogP contribution in [0.1, 0.15) is 13.8 Å². The van der Waals surface area contributed by atoms with Crippen LogP contribution < -0.4 is 0 Å². The fourth-order valence-corrected chi connectivity index (χ4v) is 4.38. The van der Waals surface area contributed by atoms with Crippen LogP contribution in [-0.2, 0) is 37.8 Å². The number of sulfone groups is 2. The predicted molar refractivity (Wildman–Crippen MR) is 76.4 cm³/mol. The topological polar surface area (TPSA) is 141 Å². The van der Waals surface area contributed by atoms with E-state index < -0.39 is 59.7 Å². The first-order chi connectivity index (χ1) is 9.89. The van der Waals surface area contributed by atoms with E-state index in [0.717, 1.165) is 13.8 Å². The van der Waals surface area contributed by atoms with E-state index in [4.69, 9.17) is 23.7 Å². The molecule has 0 saturated heterocycles. The highest BCUT2D eigenvalue weighted by Gasteiger charge is 2.36. The summed E-state index contributed by atoms with van der Waals surface area (Å²) in [5.41, 5.74) is 0. The van der Waals surface area contributed by atoms with Crippen LogP contribution in [0.25, 0.3) is 0 Å². The van der Waals surface area contributed by atoms with E-state index in [1.807, 2.05) is 0 Å². The summed E-state index contributed by atoms with van der Waals surface area (Å²) in [5.74, 6) is -4.61. The van der Waals surface area contributed by atoms with Gasteiger partial charge in [-0.3, -0.25) is 0 Å². The molecule has 0 radical (unpaired) electrons. The smallest absolute Gasteiger partial charge is 0.342 e. The molecule has 0 aromatic rings. The Hall–Kier alpha value is -0.620. The first-order valence-electron chi connectivity index (χ1n) is 5.65. The zero-order chi connectivity index (χ0) is 17.7. The molecule has 0 spiro atoms. The number of carbonyl (C=O) groups excluding carboxylic acids is 2. The summed E-state index contributed by atoms with van der Waals surface area (Å²) in [6.07, 6.45) is -1.87. The average molecular weight is 401 g/mol. The van der Waals surface area contributed by atoms with Crippen molar-refractivity contribution < 1.29 is 40.1 Å². The summed E-state index contributed by atoms with van der Waals surface area (Å²) in [5, 5.41) is 6.22. The van der Waals surface area contributed by atoms with Crippen LogP contribution >= 0.6 is 23.7 Å². The zero-order valence-corrected chi connectivity index (χ0v) is 14.6. The van der Waals surface area contributed by atoms with Crippen molar-refractivity contribution >= 4 is 55.3 Å². The zero-order valence-electron chi connectivity index (χ0n) is 11.4. The number of hydrogen-bond acceptors (Lipinski definition) is 9. The normalized spacial score (nSPS) is 16.4. The van der Waals surface area contributed by atoms with Gasteiger partial charge < -0.3 is 13.7 Å². The summed E-state index contributed by atoms with van der Waals surface area (Å²) in [6, 6.07) is 0. The van der Waals surface area contributed by atoms with Crippen molar-refractivity contribution in [3.63, 3.8) is 0 Å². The Bertz CT molecular complexity index is 559. The van der Waals surface area contributed by atoms with Crippen molar-refractivity contribution in [2.45, 2.75) is 30.5 Å². The van der Waals surface area contributed by atoms with Crippen molar-refractivity contribution in [2.24, 2.45) is 0 Å². The quantitative estimate of drug-likeness (QED) is 0.561. The molecule has 9 nitrogen and oxygen atoms in total. The minimum Gasteiger partial charge on any atom is -0.391 e. The number of aliphatic hydroxyl groups excluding tert-OH is 1. The largest absolute Gasteiger partial charge is 0.391 e. The van der Waals surface area contributed by atoms with Gasteiger partial charge in [0.05, 0.1) is 17.6 Å². The summed E-state index contributed by atoms with van der Waals surface area (Å²) in [7, 11) is -8.42. The Kier molecular flexibility index (Phi) is 8.06. The first kappa shape index (κ1) is 21.4. The summed E-state index contributed by atoms with van der Waals surface area (Å²) >= 11 is 9.50. The molecule has 0 rings (SSSR count). The van der Waals surface area contributed by atoms with Crippen molar-refractivity contribution in [3.05, 3.63) is 0 Å². The second-order valence-corrected chi connectivity index (χ2v) is 9.43. The lowest BCUT2D eigenvalue weighted by Gasteiger charge is -2.16. The van der Waals surface area contributed by atoms with E-state index in [9.17, 15) is 31.5 Å². The van der Waals surface area contributed by atoms with Gasteiger partial charge >= 0.3 is 11.9 Å². The van der Waals surface area contributed by atoms with E-state index in [1.54, 1.807) is 0 Å². The van der Waals surface area contributed by atoms with Gasteiger partial charge in [0.25, 0.3) is 0 Å². The highest BCUT2D eigenvalue weighted by molar-refractivity contribution is 7.93. The second-order valence-electron chi connectivity index (χ2n) is 4.39. The molecule has 0 aromatic carbocycles.